The number of phenolic OH excluding ortho intramolecular Hbond substituents is 1. The first kappa shape index (κ1) is 12.0. The van der Waals surface area contributed by atoms with Crippen LogP contribution in [0.4, 0.5) is 0 Å². The van der Waals surface area contributed by atoms with Crippen LogP contribution in [0.5, 0.6) is 5.75 Å². The van der Waals surface area contributed by atoms with E-state index in [1.165, 1.54) is 38.1 Å². The highest BCUT2D eigenvalue weighted by atomic mass is 32.3. The molecule has 0 radical (unpaired) electrons. The summed E-state index contributed by atoms with van der Waals surface area (Å²) in [6, 6.07) is 5.84. The van der Waals surface area contributed by atoms with Crippen molar-refractivity contribution in [3.63, 3.8) is 0 Å². The van der Waals surface area contributed by atoms with Gasteiger partial charge in [0.05, 0.1) is 0 Å². The molecule has 0 saturated carbocycles. The van der Waals surface area contributed by atoms with Crippen LogP contribution in [-0.4, -0.2) is 18.1 Å². The van der Waals surface area contributed by atoms with E-state index in [1.807, 2.05) is 0 Å². The van der Waals surface area contributed by atoms with Crippen molar-refractivity contribution in [2.75, 3.05) is 0 Å². The van der Waals surface area contributed by atoms with Gasteiger partial charge in [0.2, 0.25) is 0 Å². The summed E-state index contributed by atoms with van der Waals surface area (Å²) in [5, 5.41) is 9.05. The predicted molar refractivity (Wildman–Crippen MR) is 53.8 cm³/mol. The summed E-state index contributed by atoms with van der Waals surface area (Å²) >= 11 is 0. The maximum atomic E-state index is 10.6. The monoisotopic (exact) mass is 232 g/mol. The largest absolute Gasteiger partial charge is 0.508 e. The molecule has 0 atom stereocenters. The fourth-order valence-electron chi connectivity index (χ4n) is 1.17. The summed E-state index contributed by atoms with van der Waals surface area (Å²) in [7, 11) is -4.50. The fourth-order valence-corrected chi connectivity index (χ4v) is 1.80. The van der Waals surface area contributed by atoms with Crippen molar-refractivity contribution >= 4 is 10.4 Å². The van der Waals surface area contributed by atoms with E-state index >= 15 is 0 Å². The van der Waals surface area contributed by atoms with Crippen LogP contribution in [-0.2, 0) is 20.2 Å². The summed E-state index contributed by atoms with van der Waals surface area (Å²) in [4.78, 5) is 0. The Bertz CT molecular complexity index is 432. The fraction of sp³-hybridized carbons (Fsp3) is 0.333. The third-order valence-corrected chi connectivity index (χ3v) is 2.50. The highest BCUT2D eigenvalue weighted by molar-refractivity contribution is 7.80. The number of rotatable bonds is 3. The summed E-state index contributed by atoms with van der Waals surface area (Å²) in [5.74, 6) is 0.0707. The maximum Gasteiger partial charge on any atom is 0.398 e. The average molecular weight is 232 g/mol. The van der Waals surface area contributed by atoms with E-state index in [1.54, 1.807) is 0 Å². The topological polar surface area (TPSA) is 83.8 Å². The second-order valence-electron chi connectivity index (χ2n) is 3.57. The zero-order valence-electron chi connectivity index (χ0n) is 8.34. The Hall–Kier alpha value is -1.11. The first-order valence-electron chi connectivity index (χ1n) is 4.18. The lowest BCUT2D eigenvalue weighted by Crippen LogP contribution is -2.25. The summed E-state index contributed by atoms with van der Waals surface area (Å²) in [6.07, 6.45) is 0. The third-order valence-electron chi connectivity index (χ3n) is 1.88. The van der Waals surface area contributed by atoms with Gasteiger partial charge in [0.15, 0.2) is 0 Å². The van der Waals surface area contributed by atoms with Crippen molar-refractivity contribution in [2.45, 2.75) is 19.4 Å². The Morgan fingerprint density at radius 1 is 1.20 bits per heavy atom. The Morgan fingerprint density at radius 2 is 1.67 bits per heavy atom. The molecular formula is C9H12O5S. The minimum atomic E-state index is -4.50. The van der Waals surface area contributed by atoms with Gasteiger partial charge in [0.1, 0.15) is 11.4 Å². The van der Waals surface area contributed by atoms with Crippen molar-refractivity contribution in [3.05, 3.63) is 29.8 Å². The molecule has 2 N–H and O–H groups in total. The van der Waals surface area contributed by atoms with Crippen molar-refractivity contribution in [3.8, 4) is 5.75 Å². The Labute approximate surface area is 88.3 Å². The van der Waals surface area contributed by atoms with E-state index in [2.05, 4.69) is 4.18 Å². The number of hydrogen-bond acceptors (Lipinski definition) is 4. The SMILES string of the molecule is CC(C)(OS(=O)(=O)O)c1ccc(O)cc1. The van der Waals surface area contributed by atoms with Crippen molar-refractivity contribution < 1.29 is 22.3 Å². The first-order chi connectivity index (χ1) is 6.71. The highest BCUT2D eigenvalue weighted by Gasteiger charge is 2.27. The molecule has 0 spiro atoms. The van der Waals surface area contributed by atoms with Crippen LogP contribution in [0.1, 0.15) is 19.4 Å². The molecule has 15 heavy (non-hydrogen) atoms. The number of benzene rings is 1. The quantitative estimate of drug-likeness (QED) is 0.770. The molecule has 6 heteroatoms. The van der Waals surface area contributed by atoms with Crippen LogP contribution in [0.25, 0.3) is 0 Å². The third kappa shape index (κ3) is 3.50. The molecule has 1 rings (SSSR count). The molecule has 0 unspecified atom stereocenters. The number of hydrogen-bond donors (Lipinski definition) is 2. The van der Waals surface area contributed by atoms with E-state index < -0.39 is 16.0 Å². The molecule has 1 aromatic rings. The lowest BCUT2D eigenvalue weighted by molar-refractivity contribution is 0.0985. The van der Waals surface area contributed by atoms with Gasteiger partial charge in [-0.15, -0.1) is 0 Å². The van der Waals surface area contributed by atoms with Crippen molar-refractivity contribution in [1.29, 1.82) is 0 Å². The molecule has 0 fully saturated rings. The molecule has 0 amide bonds. The van der Waals surface area contributed by atoms with Crippen LogP contribution < -0.4 is 0 Å². The molecule has 0 bridgehead atoms. The zero-order valence-corrected chi connectivity index (χ0v) is 9.15. The second-order valence-corrected chi connectivity index (χ2v) is 4.59. The van der Waals surface area contributed by atoms with Gasteiger partial charge in [-0.1, -0.05) is 12.1 Å². The van der Waals surface area contributed by atoms with Gasteiger partial charge in [-0.2, -0.15) is 8.42 Å². The minimum Gasteiger partial charge on any atom is -0.508 e. The van der Waals surface area contributed by atoms with E-state index in [4.69, 9.17) is 9.66 Å². The van der Waals surface area contributed by atoms with Crippen LogP contribution in [0, 0.1) is 0 Å². The molecule has 0 saturated heterocycles. The zero-order chi connectivity index (χ0) is 11.7. The van der Waals surface area contributed by atoms with Crippen LogP contribution >= 0.6 is 0 Å². The molecule has 1 aromatic carbocycles. The predicted octanol–water partition coefficient (Wildman–Crippen LogP) is 1.45. The molecule has 0 heterocycles. The lowest BCUT2D eigenvalue weighted by atomic mass is 9.99. The minimum absolute atomic E-state index is 0.0707. The summed E-state index contributed by atoms with van der Waals surface area (Å²) in [6.45, 7) is 2.99. The Balaban J connectivity index is 3.00. The smallest absolute Gasteiger partial charge is 0.398 e. The highest BCUT2D eigenvalue weighted by Crippen LogP contribution is 2.27. The van der Waals surface area contributed by atoms with E-state index in [0.717, 1.165) is 0 Å². The van der Waals surface area contributed by atoms with Gasteiger partial charge in [-0.05, 0) is 31.5 Å². The Kier molecular flexibility index (Phi) is 3.03. The standard InChI is InChI=1S/C9H12O5S/c1-9(2,14-15(11,12)13)7-3-5-8(10)6-4-7/h3-6,10H,1-2H3,(H,11,12,13). The molecule has 0 aliphatic rings. The van der Waals surface area contributed by atoms with Gasteiger partial charge >= 0.3 is 10.4 Å². The Morgan fingerprint density at radius 3 is 2.07 bits per heavy atom. The normalized spacial score (nSPS) is 12.7. The van der Waals surface area contributed by atoms with Crippen LogP contribution in [0.15, 0.2) is 24.3 Å². The van der Waals surface area contributed by atoms with Gasteiger partial charge in [-0.25, -0.2) is 4.18 Å². The summed E-state index contributed by atoms with van der Waals surface area (Å²) < 4.78 is 34.2. The maximum absolute atomic E-state index is 10.6. The van der Waals surface area contributed by atoms with Gasteiger partial charge < -0.3 is 5.11 Å². The van der Waals surface area contributed by atoms with Gasteiger partial charge in [0.25, 0.3) is 0 Å². The lowest BCUT2D eigenvalue weighted by Gasteiger charge is -2.22. The number of aromatic hydroxyl groups is 1. The van der Waals surface area contributed by atoms with E-state index in [0.29, 0.717) is 5.56 Å². The summed E-state index contributed by atoms with van der Waals surface area (Å²) in [5.41, 5.74) is -0.653. The van der Waals surface area contributed by atoms with Crippen molar-refractivity contribution in [1.82, 2.24) is 0 Å². The van der Waals surface area contributed by atoms with Gasteiger partial charge in [-0.3, -0.25) is 4.55 Å². The number of phenols is 1. The molecule has 0 aliphatic heterocycles. The average Bonchev–Trinajstić information content (AvgIpc) is 2.00. The first-order valence-corrected chi connectivity index (χ1v) is 5.55. The van der Waals surface area contributed by atoms with Crippen LogP contribution in [0.3, 0.4) is 0 Å². The van der Waals surface area contributed by atoms with Crippen LogP contribution in [0.2, 0.25) is 0 Å². The van der Waals surface area contributed by atoms with Crippen molar-refractivity contribution in [2.24, 2.45) is 0 Å². The molecule has 0 aliphatic carbocycles. The second kappa shape index (κ2) is 3.80. The van der Waals surface area contributed by atoms with E-state index in [-0.39, 0.29) is 5.75 Å². The molecular weight excluding hydrogens is 220 g/mol. The molecule has 0 aromatic heterocycles. The molecule has 5 nitrogen and oxygen atoms in total. The molecule has 84 valence electrons. The van der Waals surface area contributed by atoms with Gasteiger partial charge in [0, 0.05) is 0 Å². The van der Waals surface area contributed by atoms with E-state index in [9.17, 15) is 8.42 Å².